The van der Waals surface area contributed by atoms with Crippen LogP contribution < -0.4 is 16.4 Å². The maximum absolute atomic E-state index is 12.1. The van der Waals surface area contributed by atoms with Gasteiger partial charge in [-0.3, -0.25) is 19.2 Å². The van der Waals surface area contributed by atoms with Gasteiger partial charge in [-0.05, 0) is 19.3 Å². The van der Waals surface area contributed by atoms with Gasteiger partial charge in [-0.15, -0.1) is 0 Å². The molecule has 0 aromatic heterocycles. The Balaban J connectivity index is 3.67. The molecule has 0 rings (SSSR count). The summed E-state index contributed by atoms with van der Waals surface area (Å²) in [5.74, 6) is -3.44. The van der Waals surface area contributed by atoms with Crippen molar-refractivity contribution in [1.29, 1.82) is 0 Å². The molecule has 0 heterocycles. The van der Waals surface area contributed by atoms with Gasteiger partial charge in [-0.25, -0.2) is 4.79 Å². The van der Waals surface area contributed by atoms with Crippen molar-refractivity contribution < 1.29 is 34.2 Å². The van der Waals surface area contributed by atoms with E-state index in [0.717, 1.165) is 38.5 Å². The Hall–Kier alpha value is -2.30. The van der Waals surface area contributed by atoms with Crippen LogP contribution in [0, 0.1) is 0 Å². The zero-order valence-electron chi connectivity index (χ0n) is 23.5. The van der Waals surface area contributed by atoms with E-state index in [-0.39, 0.29) is 37.3 Å². The van der Waals surface area contributed by atoms with E-state index in [1.165, 1.54) is 57.8 Å². The summed E-state index contributed by atoms with van der Waals surface area (Å²) in [6, 6.07) is -2.09. The molecular formula is C28H51N3O7S. The second kappa shape index (κ2) is 24.7. The van der Waals surface area contributed by atoms with E-state index in [4.69, 9.17) is 10.8 Å². The van der Waals surface area contributed by atoms with Gasteiger partial charge < -0.3 is 26.6 Å². The quantitative estimate of drug-likeness (QED) is 0.0625. The van der Waals surface area contributed by atoms with E-state index in [0.29, 0.717) is 6.42 Å². The number of carboxylic acids is 2. The number of amides is 3. The topological polar surface area (TPSA) is 176 Å². The number of hydrogen-bond donors (Lipinski definition) is 6. The average Bonchev–Trinajstić information content (AvgIpc) is 2.88. The van der Waals surface area contributed by atoms with Gasteiger partial charge in [0.2, 0.25) is 17.7 Å². The lowest BCUT2D eigenvalue weighted by atomic mass is 10.0. The Morgan fingerprint density at radius 1 is 0.564 bits per heavy atom. The number of hydrogen-bond acceptors (Lipinski definition) is 6. The molecule has 2 atom stereocenters. The van der Waals surface area contributed by atoms with Crippen molar-refractivity contribution in [3.8, 4) is 0 Å². The average molecular weight is 574 g/mol. The molecule has 0 bridgehead atoms. The number of unbranched alkanes of at least 4 members (excludes halogenated alkanes) is 15. The molecule has 11 heteroatoms. The maximum Gasteiger partial charge on any atom is 0.326 e. The molecular weight excluding hydrogens is 522 g/mol. The van der Waals surface area contributed by atoms with E-state index in [1.807, 2.05) is 0 Å². The van der Waals surface area contributed by atoms with Crippen LogP contribution in [0.5, 0.6) is 0 Å². The summed E-state index contributed by atoms with van der Waals surface area (Å²) < 4.78 is 0. The number of thiol groups is 1. The molecule has 0 saturated carbocycles. The molecule has 0 aliphatic carbocycles. The van der Waals surface area contributed by atoms with E-state index >= 15 is 0 Å². The van der Waals surface area contributed by atoms with Crippen LogP contribution >= 0.6 is 12.6 Å². The van der Waals surface area contributed by atoms with E-state index in [2.05, 4.69) is 23.3 Å². The van der Waals surface area contributed by atoms with Crippen molar-refractivity contribution >= 4 is 42.3 Å². The number of carbonyl (C=O) groups is 5. The predicted molar refractivity (Wildman–Crippen MR) is 155 cm³/mol. The molecule has 0 aliphatic rings. The van der Waals surface area contributed by atoms with E-state index in [1.54, 1.807) is 0 Å². The lowest BCUT2D eigenvalue weighted by Gasteiger charge is -2.16. The minimum atomic E-state index is -1.21. The van der Waals surface area contributed by atoms with Crippen LogP contribution in [0.2, 0.25) is 0 Å². The standard InChI is InChI=1S/C28H51N3O7S/c29-27(36)23(21-39)31-25(33)20-19-22(28(37)38)30-24(32)17-15-13-11-9-7-5-3-1-2-4-6-8-10-12-14-16-18-26(34)35/h22-23,39H,1-21H2,(H2,29,36)(H,30,32)(H,31,33)(H,34,35)(H,37,38)/t22-,23-/m0/s1. The molecule has 226 valence electrons. The van der Waals surface area contributed by atoms with Gasteiger partial charge in [0, 0.05) is 25.0 Å². The second-order valence-corrected chi connectivity index (χ2v) is 10.6. The Bertz CT molecular complexity index is 721. The van der Waals surface area contributed by atoms with Crippen molar-refractivity contribution in [2.75, 3.05) is 5.75 Å². The van der Waals surface area contributed by atoms with Gasteiger partial charge in [-0.1, -0.05) is 89.9 Å². The number of carboxylic acid groups (broad SMARTS) is 2. The first kappa shape index (κ1) is 36.7. The third-order valence-electron chi connectivity index (χ3n) is 6.70. The molecule has 0 unspecified atom stereocenters. The highest BCUT2D eigenvalue weighted by Crippen LogP contribution is 2.14. The fourth-order valence-electron chi connectivity index (χ4n) is 4.31. The highest BCUT2D eigenvalue weighted by molar-refractivity contribution is 7.80. The fourth-order valence-corrected chi connectivity index (χ4v) is 4.58. The monoisotopic (exact) mass is 573 g/mol. The fraction of sp³-hybridized carbons (Fsp3) is 0.821. The molecule has 0 spiro atoms. The molecule has 3 amide bonds. The molecule has 0 aromatic rings. The first-order valence-electron chi connectivity index (χ1n) is 14.6. The van der Waals surface area contributed by atoms with Crippen molar-refractivity contribution in [3.63, 3.8) is 0 Å². The largest absolute Gasteiger partial charge is 0.481 e. The lowest BCUT2D eigenvalue weighted by Crippen LogP contribution is -2.46. The van der Waals surface area contributed by atoms with Gasteiger partial charge in [0.1, 0.15) is 12.1 Å². The van der Waals surface area contributed by atoms with Crippen molar-refractivity contribution in [2.45, 2.75) is 141 Å². The molecule has 39 heavy (non-hydrogen) atoms. The number of nitrogens with one attached hydrogen (secondary N) is 2. The number of nitrogens with two attached hydrogens (primary N) is 1. The third kappa shape index (κ3) is 23.3. The normalized spacial score (nSPS) is 12.4. The van der Waals surface area contributed by atoms with Gasteiger partial charge in [0.05, 0.1) is 0 Å². The van der Waals surface area contributed by atoms with Crippen LogP contribution in [-0.4, -0.2) is 57.7 Å². The lowest BCUT2D eigenvalue weighted by molar-refractivity contribution is -0.142. The summed E-state index contributed by atoms with van der Waals surface area (Å²) in [7, 11) is 0. The molecule has 0 saturated heterocycles. The van der Waals surface area contributed by atoms with Gasteiger partial charge in [0.15, 0.2) is 0 Å². The number of primary amides is 1. The van der Waals surface area contributed by atoms with Crippen molar-refractivity contribution in [2.24, 2.45) is 5.73 Å². The minimum absolute atomic E-state index is 0.0436. The molecule has 0 aromatic carbocycles. The molecule has 0 radical (unpaired) electrons. The van der Waals surface area contributed by atoms with Crippen LogP contribution in [0.3, 0.4) is 0 Å². The molecule has 0 fully saturated rings. The van der Waals surface area contributed by atoms with Crippen LogP contribution in [0.15, 0.2) is 0 Å². The summed E-state index contributed by atoms with van der Waals surface area (Å²) in [6.07, 6.45) is 18.3. The SMILES string of the molecule is NC(=O)[C@H](CS)NC(=O)CC[C@H](NC(=O)CCCCCCCCCCCCCCCCCCC(=O)O)C(=O)O. The third-order valence-corrected chi connectivity index (χ3v) is 7.06. The smallest absolute Gasteiger partial charge is 0.326 e. The second-order valence-electron chi connectivity index (χ2n) is 10.3. The predicted octanol–water partition coefficient (Wildman–Crippen LogP) is 4.34. The van der Waals surface area contributed by atoms with Gasteiger partial charge >= 0.3 is 11.9 Å². The van der Waals surface area contributed by atoms with Gasteiger partial charge in [0.25, 0.3) is 0 Å². The first-order valence-corrected chi connectivity index (χ1v) is 15.2. The maximum atomic E-state index is 12.1. The highest BCUT2D eigenvalue weighted by Gasteiger charge is 2.22. The van der Waals surface area contributed by atoms with E-state index < -0.39 is 35.8 Å². The number of rotatable bonds is 27. The summed E-state index contributed by atoms with van der Waals surface area (Å²) >= 11 is 3.94. The Morgan fingerprint density at radius 2 is 0.923 bits per heavy atom. The summed E-state index contributed by atoms with van der Waals surface area (Å²) in [6.45, 7) is 0. The number of carbonyl (C=O) groups excluding carboxylic acids is 3. The van der Waals surface area contributed by atoms with E-state index in [9.17, 15) is 29.1 Å². The van der Waals surface area contributed by atoms with Gasteiger partial charge in [-0.2, -0.15) is 12.6 Å². The molecule has 0 aliphatic heterocycles. The zero-order chi connectivity index (χ0) is 29.3. The minimum Gasteiger partial charge on any atom is -0.481 e. The van der Waals surface area contributed by atoms with Crippen LogP contribution in [0.25, 0.3) is 0 Å². The first-order chi connectivity index (χ1) is 18.7. The Labute approximate surface area is 239 Å². The Morgan fingerprint density at radius 3 is 1.28 bits per heavy atom. The van der Waals surface area contributed by atoms with Crippen molar-refractivity contribution in [3.05, 3.63) is 0 Å². The summed E-state index contributed by atoms with van der Waals surface area (Å²) in [5.41, 5.74) is 5.14. The van der Waals surface area contributed by atoms with Crippen LogP contribution in [0.4, 0.5) is 0 Å². The van der Waals surface area contributed by atoms with Crippen molar-refractivity contribution in [1.82, 2.24) is 10.6 Å². The Kier molecular flexibility index (Phi) is 23.3. The summed E-state index contributed by atoms with van der Waals surface area (Å²) in [5, 5.41) is 22.8. The van der Waals surface area contributed by atoms with Crippen LogP contribution in [-0.2, 0) is 24.0 Å². The highest BCUT2D eigenvalue weighted by atomic mass is 32.1. The summed E-state index contributed by atoms with van der Waals surface area (Å²) in [4.78, 5) is 57.1. The zero-order valence-corrected chi connectivity index (χ0v) is 24.4. The number of aliphatic carboxylic acids is 2. The molecule has 10 nitrogen and oxygen atoms in total. The molecule has 6 N–H and O–H groups in total. The van der Waals surface area contributed by atoms with Crippen LogP contribution in [0.1, 0.15) is 128 Å².